The van der Waals surface area contributed by atoms with Crippen molar-refractivity contribution in [2.24, 2.45) is 0 Å². The number of benzene rings is 1. The zero-order chi connectivity index (χ0) is 35.9. The molecule has 4 N–H and O–H groups in total. The van der Waals surface area contributed by atoms with Crippen LogP contribution in [0.4, 0.5) is 9.59 Å². The number of nitrogens with one attached hydrogen (secondary N) is 2. The first-order chi connectivity index (χ1) is 22.4. The van der Waals surface area contributed by atoms with Crippen molar-refractivity contribution in [3.63, 3.8) is 0 Å². The van der Waals surface area contributed by atoms with Crippen molar-refractivity contribution < 1.29 is 48.5 Å². The third-order valence-corrected chi connectivity index (χ3v) is 8.47. The molecule has 4 amide bonds. The summed E-state index contributed by atoms with van der Waals surface area (Å²) in [7, 11) is 0. The standard InChI is InChI=1S/C34H50N4O10/c1-8-26(47-21(4)40)28(31(43)44)38(33(46)37-16-10-13-23(37)18-22-12-9-11-19(2)17-22)30(42)25-15-14-24(35-25)29(41)27(20(3)39)36-32(45)48-34(5,6)7/h9,11-12,17,20,23-28,35,39H,8,10,13-16,18H2,1-7H3,(H,36,45)(H,43,44)/t20-,23?,24?,25?,26-,27-,28+/m1/s1. The van der Waals surface area contributed by atoms with E-state index in [-0.39, 0.29) is 25.3 Å². The predicted octanol–water partition coefficient (Wildman–Crippen LogP) is 2.71. The zero-order valence-corrected chi connectivity index (χ0v) is 28.9. The number of aliphatic hydroxyl groups excluding tert-OH is 1. The molecule has 266 valence electrons. The molecule has 14 nitrogen and oxygen atoms in total. The highest BCUT2D eigenvalue weighted by atomic mass is 16.6. The van der Waals surface area contributed by atoms with Crippen LogP contribution in [0, 0.1) is 6.92 Å². The average molecular weight is 675 g/mol. The smallest absolute Gasteiger partial charge is 0.408 e. The van der Waals surface area contributed by atoms with Crippen LogP contribution in [0.1, 0.15) is 84.8 Å². The molecule has 48 heavy (non-hydrogen) atoms. The lowest BCUT2D eigenvalue weighted by molar-refractivity contribution is -0.162. The van der Waals surface area contributed by atoms with Gasteiger partial charge in [0.15, 0.2) is 11.8 Å². The Morgan fingerprint density at radius 3 is 2.33 bits per heavy atom. The van der Waals surface area contributed by atoms with E-state index in [1.807, 2.05) is 31.2 Å². The van der Waals surface area contributed by atoms with Gasteiger partial charge in [0.25, 0.3) is 0 Å². The third kappa shape index (κ3) is 9.99. The zero-order valence-electron chi connectivity index (χ0n) is 28.9. The van der Waals surface area contributed by atoms with Crippen LogP contribution in [0.25, 0.3) is 0 Å². The number of imide groups is 1. The van der Waals surface area contributed by atoms with Crippen molar-refractivity contribution in [1.82, 2.24) is 20.4 Å². The molecule has 0 radical (unpaired) electrons. The Morgan fingerprint density at radius 2 is 1.77 bits per heavy atom. The summed E-state index contributed by atoms with van der Waals surface area (Å²) in [6.45, 7) is 11.2. The Labute approximate surface area is 281 Å². The number of aryl methyl sites for hydroxylation is 1. The number of rotatable bonds is 12. The molecule has 1 aromatic rings. The summed E-state index contributed by atoms with van der Waals surface area (Å²) in [5.74, 6) is -3.79. The van der Waals surface area contributed by atoms with E-state index >= 15 is 0 Å². The van der Waals surface area contributed by atoms with Gasteiger partial charge in [0.05, 0.1) is 18.2 Å². The highest BCUT2D eigenvalue weighted by Crippen LogP contribution is 2.27. The Balaban J connectivity index is 1.91. The summed E-state index contributed by atoms with van der Waals surface area (Å²) in [5, 5.41) is 26.0. The van der Waals surface area contributed by atoms with Gasteiger partial charge in [-0.15, -0.1) is 0 Å². The molecule has 1 aromatic carbocycles. The van der Waals surface area contributed by atoms with E-state index in [0.29, 0.717) is 30.7 Å². The van der Waals surface area contributed by atoms with Crippen molar-refractivity contribution in [2.45, 2.75) is 135 Å². The van der Waals surface area contributed by atoms with Gasteiger partial charge in [-0.3, -0.25) is 19.7 Å². The molecule has 2 fully saturated rings. The van der Waals surface area contributed by atoms with Crippen LogP contribution in [-0.2, 0) is 35.1 Å². The van der Waals surface area contributed by atoms with Gasteiger partial charge in [-0.25, -0.2) is 19.3 Å². The molecule has 0 aliphatic carbocycles. The number of urea groups is 1. The van der Waals surface area contributed by atoms with E-state index in [9.17, 15) is 39.0 Å². The summed E-state index contributed by atoms with van der Waals surface area (Å²) >= 11 is 0. The quantitative estimate of drug-likeness (QED) is 0.238. The maximum atomic E-state index is 14.3. The van der Waals surface area contributed by atoms with Crippen LogP contribution in [0.15, 0.2) is 24.3 Å². The highest BCUT2D eigenvalue weighted by Gasteiger charge is 2.49. The number of nitrogens with zero attached hydrogens (tertiary/aromatic N) is 2. The summed E-state index contributed by atoms with van der Waals surface area (Å²) in [6, 6.07) is 1.33. The Morgan fingerprint density at radius 1 is 1.10 bits per heavy atom. The number of esters is 1. The lowest BCUT2D eigenvalue weighted by Gasteiger charge is -2.37. The molecule has 3 unspecified atom stereocenters. The molecule has 0 bridgehead atoms. The first-order valence-corrected chi connectivity index (χ1v) is 16.5. The number of amides is 4. The number of aliphatic hydroxyl groups is 1. The number of Topliss-reactive ketones (excluding diaryl/α,β-unsaturated/α-hetero) is 1. The van der Waals surface area contributed by atoms with Gasteiger partial charge in [-0.05, 0) is 78.7 Å². The second kappa shape index (κ2) is 16.4. The summed E-state index contributed by atoms with van der Waals surface area (Å²) in [6.07, 6.45) is -1.58. The molecule has 2 heterocycles. The van der Waals surface area contributed by atoms with Crippen LogP contribution in [0.2, 0.25) is 0 Å². The number of alkyl carbamates (subject to hydrolysis) is 1. The number of hydrogen-bond donors (Lipinski definition) is 4. The second-order valence-corrected chi connectivity index (χ2v) is 13.6. The van der Waals surface area contributed by atoms with Gasteiger partial charge in [0.1, 0.15) is 17.7 Å². The van der Waals surface area contributed by atoms with Gasteiger partial charge < -0.3 is 29.9 Å². The lowest BCUT2D eigenvalue weighted by atomic mass is 10.00. The molecular formula is C34H50N4O10. The van der Waals surface area contributed by atoms with E-state index in [1.54, 1.807) is 27.7 Å². The first kappa shape index (κ1) is 38.4. The van der Waals surface area contributed by atoms with E-state index < -0.39 is 77.7 Å². The molecule has 0 aromatic heterocycles. The molecule has 7 atom stereocenters. The average Bonchev–Trinajstić information content (AvgIpc) is 3.66. The molecule has 2 aliphatic heterocycles. The van der Waals surface area contributed by atoms with E-state index in [1.165, 1.54) is 11.8 Å². The minimum absolute atomic E-state index is 0.00589. The van der Waals surface area contributed by atoms with Crippen LogP contribution in [0.5, 0.6) is 0 Å². The van der Waals surface area contributed by atoms with E-state index in [0.717, 1.165) is 18.1 Å². The molecule has 14 heteroatoms. The number of carbonyl (C=O) groups excluding carboxylic acids is 5. The Kier molecular flexibility index (Phi) is 13.1. The maximum absolute atomic E-state index is 14.3. The molecule has 2 saturated heterocycles. The minimum atomic E-state index is -1.84. The van der Waals surface area contributed by atoms with Gasteiger partial charge in [-0.1, -0.05) is 36.8 Å². The fourth-order valence-electron chi connectivity index (χ4n) is 6.33. The molecule has 2 aliphatic rings. The van der Waals surface area contributed by atoms with Crippen molar-refractivity contribution >= 4 is 35.8 Å². The van der Waals surface area contributed by atoms with Crippen molar-refractivity contribution in [1.29, 1.82) is 0 Å². The van der Waals surface area contributed by atoms with Gasteiger partial charge in [-0.2, -0.15) is 0 Å². The minimum Gasteiger partial charge on any atom is -0.480 e. The monoisotopic (exact) mass is 674 g/mol. The highest BCUT2D eigenvalue weighted by molar-refractivity contribution is 6.02. The number of carboxylic acids is 1. The largest absolute Gasteiger partial charge is 0.480 e. The van der Waals surface area contributed by atoms with Crippen LogP contribution in [-0.4, -0.2) is 110 Å². The summed E-state index contributed by atoms with van der Waals surface area (Å²) < 4.78 is 10.5. The van der Waals surface area contributed by atoms with Crippen LogP contribution < -0.4 is 10.6 Å². The van der Waals surface area contributed by atoms with Crippen LogP contribution >= 0.6 is 0 Å². The molecule has 3 rings (SSSR count). The number of hydrogen-bond acceptors (Lipinski definition) is 10. The van der Waals surface area contributed by atoms with Crippen molar-refractivity contribution in [3.8, 4) is 0 Å². The van der Waals surface area contributed by atoms with Crippen molar-refractivity contribution in [3.05, 3.63) is 35.4 Å². The SMILES string of the molecule is CC[C@@H](OC(C)=O)[C@@H](C(=O)O)N(C(=O)C1CCC(C(=O)[C@H](NC(=O)OC(C)(C)C)[C@@H](C)O)N1)C(=O)N1CCCC1Cc1cccc(C)c1. The molecule has 0 spiro atoms. The normalized spacial score (nSPS) is 21.8. The summed E-state index contributed by atoms with van der Waals surface area (Å²) in [5.41, 5.74) is 1.19. The lowest BCUT2D eigenvalue weighted by Crippen LogP contribution is -2.63. The molecular weight excluding hydrogens is 624 g/mol. The van der Waals surface area contributed by atoms with Crippen molar-refractivity contribution in [2.75, 3.05) is 6.54 Å². The number of carboxylic acid groups (broad SMARTS) is 1. The number of ketones is 1. The van der Waals surface area contributed by atoms with E-state index in [2.05, 4.69) is 10.6 Å². The number of likely N-dealkylation sites (tertiary alicyclic amines) is 1. The second-order valence-electron chi connectivity index (χ2n) is 13.6. The first-order valence-electron chi connectivity index (χ1n) is 16.5. The molecule has 0 saturated carbocycles. The van der Waals surface area contributed by atoms with Gasteiger partial charge >= 0.3 is 24.1 Å². The third-order valence-electron chi connectivity index (χ3n) is 8.47. The topological polar surface area (TPSA) is 192 Å². The fourth-order valence-corrected chi connectivity index (χ4v) is 6.33. The van der Waals surface area contributed by atoms with Gasteiger partial charge in [0.2, 0.25) is 5.91 Å². The van der Waals surface area contributed by atoms with Crippen LogP contribution in [0.3, 0.4) is 0 Å². The number of ether oxygens (including phenoxy) is 2. The number of carbonyl (C=O) groups is 6. The number of aliphatic carboxylic acids is 1. The summed E-state index contributed by atoms with van der Waals surface area (Å²) in [4.78, 5) is 81.5. The Bertz CT molecular complexity index is 1360. The maximum Gasteiger partial charge on any atom is 0.408 e. The van der Waals surface area contributed by atoms with E-state index in [4.69, 9.17) is 9.47 Å². The Hall–Kier alpha value is -4.04. The van der Waals surface area contributed by atoms with Gasteiger partial charge in [0, 0.05) is 19.5 Å². The predicted molar refractivity (Wildman–Crippen MR) is 174 cm³/mol. The fraction of sp³-hybridized carbons (Fsp3) is 0.647.